The number of allylic oxidation sites excluding steroid dienone is 4. The molecule has 0 radical (unpaired) electrons. The molecule has 0 aromatic heterocycles. The summed E-state index contributed by atoms with van der Waals surface area (Å²) in [5.74, 6) is 1.09. The summed E-state index contributed by atoms with van der Waals surface area (Å²) in [4.78, 5) is 15.2. The van der Waals surface area contributed by atoms with E-state index < -0.39 is 10.0 Å². The van der Waals surface area contributed by atoms with Crippen molar-refractivity contribution in [1.82, 2.24) is 4.72 Å². The number of halogens is 1. The lowest BCUT2D eigenvalue weighted by Gasteiger charge is -2.55. The maximum absolute atomic E-state index is 13.3. The van der Waals surface area contributed by atoms with Gasteiger partial charge in [0.15, 0.2) is 0 Å². The number of nitrogens with zero attached hydrogens (tertiary/aromatic N) is 1. The summed E-state index contributed by atoms with van der Waals surface area (Å²) in [7, 11) is -3.97. The third-order valence-corrected chi connectivity index (χ3v) is 11.9. The van der Waals surface area contributed by atoms with Crippen molar-refractivity contribution < 1.29 is 17.9 Å². The first-order chi connectivity index (χ1) is 18.2. The number of fused-ring (bicyclic) bond motifs is 3. The molecule has 1 spiro atoms. The number of benzene rings is 1. The Bertz CT molecular complexity index is 1270. The van der Waals surface area contributed by atoms with E-state index in [9.17, 15) is 13.2 Å². The van der Waals surface area contributed by atoms with Gasteiger partial charge in [0.05, 0.1) is 17.2 Å². The summed E-state index contributed by atoms with van der Waals surface area (Å²) < 4.78 is 35.6. The normalized spacial score (nSPS) is 31.6. The number of amides is 1. The van der Waals surface area contributed by atoms with E-state index in [4.69, 9.17) is 16.3 Å². The van der Waals surface area contributed by atoms with E-state index in [1.54, 1.807) is 18.2 Å². The maximum atomic E-state index is 13.3. The van der Waals surface area contributed by atoms with Crippen LogP contribution in [0.4, 0.5) is 5.69 Å². The Balaban J connectivity index is 1.34. The smallest absolute Gasteiger partial charge is 0.264 e. The molecule has 1 aliphatic heterocycles. The SMILES string of the molecule is CC12C=CC(Cl)=CC1CCC[C@]21COc2ccc(S(=O)(=O)NC(=O)C3CCCC3)cc2N(CC2CCC2)C1. The molecule has 3 saturated carbocycles. The van der Waals surface area contributed by atoms with Crippen LogP contribution in [0, 0.1) is 28.6 Å². The Labute approximate surface area is 231 Å². The van der Waals surface area contributed by atoms with Crippen LogP contribution >= 0.6 is 11.6 Å². The van der Waals surface area contributed by atoms with Crippen molar-refractivity contribution in [3.63, 3.8) is 0 Å². The standard InChI is InChI=1S/C30H39ClN2O4S/c1-29-15-13-24(31)16-23(29)10-5-14-30(29)19-33(18-21-6-4-7-21)26-17-25(11-12-27(26)37-20-30)38(35,36)32-28(34)22-8-2-3-9-22/h11-13,15-17,21-23H,2-10,14,18-20H2,1H3,(H,32,34)/t23?,29?,30-/m0/s1. The summed E-state index contributed by atoms with van der Waals surface area (Å²) in [6.07, 6.45) is 16.9. The minimum atomic E-state index is -3.97. The van der Waals surface area contributed by atoms with Crippen molar-refractivity contribution in [1.29, 1.82) is 0 Å². The molecule has 38 heavy (non-hydrogen) atoms. The highest BCUT2D eigenvalue weighted by Gasteiger charge is 2.55. The fourth-order valence-electron chi connectivity index (χ4n) is 7.52. The van der Waals surface area contributed by atoms with E-state index in [1.807, 2.05) is 6.08 Å². The fraction of sp³-hybridized carbons (Fsp3) is 0.633. The number of rotatable bonds is 5. The van der Waals surface area contributed by atoms with Crippen LogP contribution in [0.5, 0.6) is 5.75 Å². The van der Waals surface area contributed by atoms with Crippen molar-refractivity contribution in [3.05, 3.63) is 41.5 Å². The lowest BCUT2D eigenvalue weighted by Crippen LogP contribution is -2.56. The number of anilines is 1. The van der Waals surface area contributed by atoms with E-state index >= 15 is 0 Å². The van der Waals surface area contributed by atoms with Crippen LogP contribution in [0.2, 0.25) is 0 Å². The predicted octanol–water partition coefficient (Wildman–Crippen LogP) is 6.17. The van der Waals surface area contributed by atoms with E-state index in [0.29, 0.717) is 18.4 Å². The molecule has 1 N–H and O–H groups in total. The molecular weight excluding hydrogens is 520 g/mol. The molecule has 1 amide bonds. The number of ether oxygens (including phenoxy) is 1. The number of hydrogen-bond donors (Lipinski definition) is 1. The number of carbonyl (C=O) groups is 1. The van der Waals surface area contributed by atoms with Gasteiger partial charge in [0.1, 0.15) is 5.75 Å². The molecule has 206 valence electrons. The zero-order valence-corrected chi connectivity index (χ0v) is 23.8. The van der Waals surface area contributed by atoms with Crippen LogP contribution in [0.25, 0.3) is 0 Å². The van der Waals surface area contributed by atoms with Gasteiger partial charge in [-0.15, -0.1) is 0 Å². The maximum Gasteiger partial charge on any atom is 0.264 e. The number of hydrogen-bond acceptors (Lipinski definition) is 5. The molecule has 0 bridgehead atoms. The Hall–Kier alpha value is -1.99. The van der Waals surface area contributed by atoms with Gasteiger partial charge in [-0.25, -0.2) is 13.1 Å². The Morgan fingerprint density at radius 3 is 2.66 bits per heavy atom. The van der Waals surface area contributed by atoms with Gasteiger partial charge in [-0.2, -0.15) is 0 Å². The molecule has 1 aromatic rings. The molecule has 6 rings (SSSR count). The van der Waals surface area contributed by atoms with Gasteiger partial charge in [0, 0.05) is 34.9 Å². The lowest BCUT2D eigenvalue weighted by molar-refractivity contribution is -0.122. The average molecular weight is 559 g/mol. The third-order valence-electron chi connectivity index (χ3n) is 10.3. The summed E-state index contributed by atoms with van der Waals surface area (Å²) in [5.41, 5.74) is 0.594. The third kappa shape index (κ3) is 4.57. The lowest BCUT2D eigenvalue weighted by atomic mass is 9.51. The van der Waals surface area contributed by atoms with Crippen molar-refractivity contribution in [2.45, 2.75) is 76.0 Å². The van der Waals surface area contributed by atoms with Gasteiger partial charge in [-0.05, 0) is 74.6 Å². The predicted molar refractivity (Wildman–Crippen MR) is 150 cm³/mol. The van der Waals surface area contributed by atoms with E-state index in [2.05, 4.69) is 28.7 Å². The Morgan fingerprint density at radius 2 is 1.92 bits per heavy atom. The number of nitrogens with one attached hydrogen (secondary N) is 1. The molecule has 1 aromatic carbocycles. The molecule has 6 nitrogen and oxygen atoms in total. The second-order valence-electron chi connectivity index (χ2n) is 12.5. The molecule has 1 heterocycles. The largest absolute Gasteiger partial charge is 0.491 e. The van der Waals surface area contributed by atoms with E-state index in [0.717, 1.165) is 74.5 Å². The number of carbonyl (C=O) groups excluding carboxylic acids is 1. The van der Waals surface area contributed by atoms with Gasteiger partial charge in [-0.1, -0.05) is 56.4 Å². The van der Waals surface area contributed by atoms with Crippen LogP contribution in [0.3, 0.4) is 0 Å². The molecule has 2 unspecified atom stereocenters. The monoisotopic (exact) mass is 558 g/mol. The highest BCUT2D eigenvalue weighted by molar-refractivity contribution is 7.90. The Kier molecular flexibility index (Phi) is 6.83. The van der Waals surface area contributed by atoms with Crippen molar-refractivity contribution in [2.24, 2.45) is 28.6 Å². The van der Waals surface area contributed by atoms with Gasteiger partial charge in [0.2, 0.25) is 5.91 Å². The van der Waals surface area contributed by atoms with Crippen LogP contribution in [0.1, 0.15) is 71.1 Å². The molecule has 0 saturated heterocycles. The topological polar surface area (TPSA) is 75.7 Å². The summed E-state index contributed by atoms with van der Waals surface area (Å²) >= 11 is 6.44. The number of sulfonamides is 1. The van der Waals surface area contributed by atoms with Crippen molar-refractivity contribution in [3.8, 4) is 5.75 Å². The molecule has 8 heteroatoms. The summed E-state index contributed by atoms with van der Waals surface area (Å²) in [6.45, 7) is 4.62. The Morgan fingerprint density at radius 1 is 1.13 bits per heavy atom. The minimum absolute atomic E-state index is 0.103. The van der Waals surface area contributed by atoms with Gasteiger partial charge >= 0.3 is 0 Å². The molecule has 5 aliphatic rings. The molecule has 4 aliphatic carbocycles. The summed E-state index contributed by atoms with van der Waals surface area (Å²) in [6, 6.07) is 5.09. The first-order valence-electron chi connectivity index (χ1n) is 14.3. The van der Waals surface area contributed by atoms with E-state index in [-0.39, 0.29) is 27.6 Å². The van der Waals surface area contributed by atoms with Crippen LogP contribution < -0.4 is 14.4 Å². The quantitative estimate of drug-likeness (QED) is 0.468. The van der Waals surface area contributed by atoms with Crippen molar-refractivity contribution >= 4 is 33.2 Å². The second-order valence-corrected chi connectivity index (χ2v) is 14.6. The molecule has 3 atom stereocenters. The van der Waals surface area contributed by atoms with Crippen LogP contribution in [-0.4, -0.2) is 34.0 Å². The molecular formula is C30H39ClN2O4S. The van der Waals surface area contributed by atoms with Crippen molar-refractivity contribution in [2.75, 3.05) is 24.6 Å². The minimum Gasteiger partial charge on any atom is -0.491 e. The highest BCUT2D eigenvalue weighted by atomic mass is 35.5. The molecule has 3 fully saturated rings. The zero-order chi connectivity index (χ0) is 26.5. The van der Waals surface area contributed by atoms with Gasteiger partial charge in [0.25, 0.3) is 10.0 Å². The first-order valence-corrected chi connectivity index (χ1v) is 16.2. The first kappa shape index (κ1) is 26.2. The van der Waals surface area contributed by atoms with Crippen LogP contribution in [-0.2, 0) is 14.8 Å². The zero-order valence-electron chi connectivity index (χ0n) is 22.3. The summed E-state index contributed by atoms with van der Waals surface area (Å²) in [5, 5.41) is 0.808. The van der Waals surface area contributed by atoms with Gasteiger partial charge in [-0.3, -0.25) is 4.79 Å². The van der Waals surface area contributed by atoms with Gasteiger partial charge < -0.3 is 9.64 Å². The second kappa shape index (κ2) is 9.88. The highest BCUT2D eigenvalue weighted by Crippen LogP contribution is 2.59. The average Bonchev–Trinajstić information content (AvgIpc) is 3.35. The van der Waals surface area contributed by atoms with Crippen LogP contribution in [0.15, 0.2) is 46.4 Å². The van der Waals surface area contributed by atoms with E-state index in [1.165, 1.54) is 19.3 Å². The fourth-order valence-corrected chi connectivity index (χ4v) is 8.79.